The van der Waals surface area contributed by atoms with Gasteiger partial charge >= 0.3 is 0 Å². The van der Waals surface area contributed by atoms with Crippen molar-refractivity contribution in [1.29, 1.82) is 0 Å². The number of thioether (sulfide) groups is 1. The molecule has 0 saturated carbocycles. The Bertz CT molecular complexity index is 444. The number of hydrogen-bond donors (Lipinski definition) is 1. The maximum atomic E-state index is 12.0. The normalized spacial score (nSPS) is 15.1. The molecule has 1 saturated heterocycles. The molecule has 8 heteroatoms. The minimum atomic E-state index is 0.185. The van der Waals surface area contributed by atoms with Crippen molar-refractivity contribution in [3.63, 3.8) is 0 Å². The van der Waals surface area contributed by atoms with Gasteiger partial charge in [-0.2, -0.15) is 0 Å². The lowest BCUT2D eigenvalue weighted by atomic mass is 10.2. The Morgan fingerprint density at radius 1 is 1.38 bits per heavy atom. The number of carbonyl (C=O) groups excluding carboxylic acids is 1. The number of hydrogen-bond acceptors (Lipinski definition) is 6. The van der Waals surface area contributed by atoms with Gasteiger partial charge in [-0.05, 0) is 35.7 Å². The van der Waals surface area contributed by atoms with Crippen molar-refractivity contribution >= 4 is 17.7 Å². The first-order valence-corrected chi connectivity index (χ1v) is 8.53. The molecule has 21 heavy (non-hydrogen) atoms. The van der Waals surface area contributed by atoms with Gasteiger partial charge < -0.3 is 10.2 Å². The molecule has 0 spiro atoms. The molecule has 1 aliphatic rings. The number of nitrogens with one attached hydrogen (secondary N) is 1. The highest BCUT2D eigenvalue weighted by Crippen LogP contribution is 2.16. The summed E-state index contributed by atoms with van der Waals surface area (Å²) in [7, 11) is 0. The molecule has 7 nitrogen and oxygen atoms in total. The molecule has 1 aromatic heterocycles. The fourth-order valence-electron chi connectivity index (χ4n) is 2.20. The lowest BCUT2D eigenvalue weighted by molar-refractivity contribution is -0.127. The van der Waals surface area contributed by atoms with Crippen LogP contribution >= 0.6 is 11.8 Å². The van der Waals surface area contributed by atoms with E-state index in [2.05, 4.69) is 34.7 Å². The second-order valence-electron chi connectivity index (χ2n) is 5.66. The molecular formula is C13H24N6OS. The van der Waals surface area contributed by atoms with Crippen molar-refractivity contribution in [2.75, 3.05) is 31.9 Å². The topological polar surface area (TPSA) is 75.9 Å². The smallest absolute Gasteiger partial charge is 0.233 e. The summed E-state index contributed by atoms with van der Waals surface area (Å²) in [5, 5.41) is 15.7. The number of amides is 1. The molecule has 1 aliphatic heterocycles. The van der Waals surface area contributed by atoms with E-state index >= 15 is 0 Å². The second kappa shape index (κ2) is 8.33. The highest BCUT2D eigenvalue weighted by Gasteiger charge is 2.19. The van der Waals surface area contributed by atoms with Crippen LogP contribution in [0, 0.1) is 5.92 Å². The number of aromatic nitrogens is 4. The zero-order valence-electron chi connectivity index (χ0n) is 12.8. The first-order chi connectivity index (χ1) is 10.2. The quantitative estimate of drug-likeness (QED) is 0.560. The van der Waals surface area contributed by atoms with Crippen molar-refractivity contribution in [3.8, 4) is 0 Å². The maximum Gasteiger partial charge on any atom is 0.233 e. The first kappa shape index (κ1) is 16.2. The number of rotatable bonds is 8. The fourth-order valence-corrected chi connectivity index (χ4v) is 3.01. The molecule has 1 amide bonds. The largest absolute Gasteiger partial charge is 0.342 e. The van der Waals surface area contributed by atoms with E-state index in [1.807, 2.05) is 4.90 Å². The van der Waals surface area contributed by atoms with Crippen molar-refractivity contribution < 1.29 is 4.79 Å². The number of likely N-dealkylation sites (tertiary alicyclic amines) is 1. The lowest BCUT2D eigenvalue weighted by Gasteiger charge is -2.14. The Hall–Kier alpha value is -1.15. The highest BCUT2D eigenvalue weighted by molar-refractivity contribution is 7.99. The van der Waals surface area contributed by atoms with Crippen molar-refractivity contribution in [3.05, 3.63) is 0 Å². The third kappa shape index (κ3) is 5.28. The molecule has 118 valence electrons. The maximum absolute atomic E-state index is 12.0. The molecule has 0 aromatic carbocycles. The van der Waals surface area contributed by atoms with Crippen LogP contribution in [0.1, 0.15) is 26.7 Å². The van der Waals surface area contributed by atoms with Crippen LogP contribution in [0.4, 0.5) is 0 Å². The van der Waals surface area contributed by atoms with Crippen molar-refractivity contribution in [2.24, 2.45) is 5.92 Å². The van der Waals surface area contributed by atoms with Crippen LogP contribution in [0.2, 0.25) is 0 Å². The third-order valence-electron chi connectivity index (χ3n) is 3.34. The third-order valence-corrected chi connectivity index (χ3v) is 4.28. The molecule has 2 heterocycles. The number of nitrogens with zero attached hydrogens (tertiary/aromatic N) is 5. The Labute approximate surface area is 129 Å². The van der Waals surface area contributed by atoms with E-state index in [1.165, 1.54) is 11.8 Å². The molecule has 0 atom stereocenters. The van der Waals surface area contributed by atoms with E-state index in [1.54, 1.807) is 4.68 Å². The summed E-state index contributed by atoms with van der Waals surface area (Å²) in [4.78, 5) is 13.9. The van der Waals surface area contributed by atoms with Crippen LogP contribution in [-0.2, 0) is 11.3 Å². The minimum Gasteiger partial charge on any atom is -0.342 e. The van der Waals surface area contributed by atoms with E-state index in [4.69, 9.17) is 0 Å². The monoisotopic (exact) mass is 312 g/mol. The van der Waals surface area contributed by atoms with Crippen LogP contribution in [0.5, 0.6) is 0 Å². The Balaban J connectivity index is 1.73. The van der Waals surface area contributed by atoms with Gasteiger partial charge in [0.1, 0.15) is 0 Å². The summed E-state index contributed by atoms with van der Waals surface area (Å²) in [5.41, 5.74) is 0. The summed E-state index contributed by atoms with van der Waals surface area (Å²) < 4.78 is 1.76. The van der Waals surface area contributed by atoms with Gasteiger partial charge in [0.2, 0.25) is 11.1 Å². The van der Waals surface area contributed by atoms with Crippen LogP contribution in [0.25, 0.3) is 0 Å². The Kier molecular flexibility index (Phi) is 6.44. The van der Waals surface area contributed by atoms with Gasteiger partial charge in [-0.1, -0.05) is 25.6 Å². The van der Waals surface area contributed by atoms with E-state index in [0.29, 0.717) is 16.8 Å². The van der Waals surface area contributed by atoms with Gasteiger partial charge in [0.05, 0.1) is 12.3 Å². The minimum absolute atomic E-state index is 0.185. The van der Waals surface area contributed by atoms with Gasteiger partial charge in [-0.15, -0.1) is 5.10 Å². The van der Waals surface area contributed by atoms with Crippen molar-refractivity contribution in [2.45, 2.75) is 38.4 Å². The summed E-state index contributed by atoms with van der Waals surface area (Å²) in [5.74, 6) is 1.23. The van der Waals surface area contributed by atoms with E-state index in [-0.39, 0.29) is 5.91 Å². The van der Waals surface area contributed by atoms with Gasteiger partial charge in [0.15, 0.2) is 0 Å². The SMILES string of the molecule is CC(C)CNCCn1nnnc1SCC(=O)N1CCCC1. The molecule has 0 radical (unpaired) electrons. The zero-order valence-corrected chi connectivity index (χ0v) is 13.6. The molecule has 1 N–H and O–H groups in total. The zero-order chi connectivity index (χ0) is 15.1. The Morgan fingerprint density at radius 2 is 2.14 bits per heavy atom. The molecule has 0 aliphatic carbocycles. The predicted octanol–water partition coefficient (Wildman–Crippen LogP) is 0.633. The van der Waals surface area contributed by atoms with Crippen LogP contribution < -0.4 is 5.32 Å². The standard InChI is InChI=1S/C13H24N6OS/c1-11(2)9-14-5-8-19-13(15-16-17-19)21-10-12(20)18-6-3-4-7-18/h11,14H,3-10H2,1-2H3. The molecule has 2 rings (SSSR count). The van der Waals surface area contributed by atoms with Gasteiger partial charge in [-0.3, -0.25) is 4.79 Å². The second-order valence-corrected chi connectivity index (χ2v) is 6.60. The first-order valence-electron chi connectivity index (χ1n) is 7.54. The fraction of sp³-hybridized carbons (Fsp3) is 0.846. The highest BCUT2D eigenvalue weighted by atomic mass is 32.2. The van der Waals surface area contributed by atoms with Gasteiger partial charge in [-0.25, -0.2) is 4.68 Å². The summed E-state index contributed by atoms with van der Waals surface area (Å²) in [6.45, 7) is 8.67. The molecule has 0 unspecified atom stereocenters. The van der Waals surface area contributed by atoms with E-state index in [0.717, 1.165) is 45.6 Å². The van der Waals surface area contributed by atoms with Gasteiger partial charge in [0, 0.05) is 19.6 Å². The lowest BCUT2D eigenvalue weighted by Crippen LogP contribution is -2.29. The van der Waals surface area contributed by atoms with Crippen LogP contribution in [0.15, 0.2) is 5.16 Å². The van der Waals surface area contributed by atoms with Gasteiger partial charge in [0.25, 0.3) is 0 Å². The van der Waals surface area contributed by atoms with E-state index in [9.17, 15) is 4.79 Å². The molecule has 0 bridgehead atoms. The molecule has 1 fully saturated rings. The average Bonchev–Trinajstić information content (AvgIpc) is 3.12. The molecule has 1 aromatic rings. The summed E-state index contributed by atoms with van der Waals surface area (Å²) in [6.07, 6.45) is 2.24. The molecular weight excluding hydrogens is 288 g/mol. The summed E-state index contributed by atoms with van der Waals surface area (Å²) in [6, 6.07) is 0. The Morgan fingerprint density at radius 3 is 2.86 bits per heavy atom. The number of carbonyl (C=O) groups is 1. The van der Waals surface area contributed by atoms with E-state index < -0.39 is 0 Å². The average molecular weight is 312 g/mol. The summed E-state index contributed by atoms with van der Waals surface area (Å²) >= 11 is 1.42. The predicted molar refractivity (Wildman–Crippen MR) is 82.1 cm³/mol. The number of tetrazole rings is 1. The van der Waals surface area contributed by atoms with Crippen LogP contribution in [0.3, 0.4) is 0 Å². The van der Waals surface area contributed by atoms with Crippen molar-refractivity contribution in [1.82, 2.24) is 30.4 Å². The van der Waals surface area contributed by atoms with Crippen LogP contribution in [-0.4, -0.2) is 62.9 Å².